The van der Waals surface area contributed by atoms with Gasteiger partial charge in [-0.05, 0) is 59.7 Å². The number of carboxylic acid groups (broad SMARTS) is 1. The molecule has 6 nitrogen and oxygen atoms in total. The Hall–Kier alpha value is -3.44. The van der Waals surface area contributed by atoms with E-state index in [4.69, 9.17) is 9.84 Å². The normalized spacial score (nSPS) is 12.1. The van der Waals surface area contributed by atoms with Gasteiger partial charge in [0.15, 0.2) is 6.61 Å². The number of carboxylic acids is 1. The van der Waals surface area contributed by atoms with Crippen LogP contribution in [-0.2, 0) is 27.5 Å². The van der Waals surface area contributed by atoms with E-state index in [9.17, 15) is 30.8 Å². The Kier molecular flexibility index (Phi) is 7.81. The second-order valence-corrected chi connectivity index (χ2v) is 9.41. The first-order valence-electron chi connectivity index (χ1n) is 10.3. The lowest BCUT2D eigenvalue weighted by molar-refractivity contribution is -0.139. The number of hydrogen-bond acceptors (Lipinski definition) is 4. The van der Waals surface area contributed by atoms with Gasteiger partial charge in [-0.25, -0.2) is 17.6 Å². The molecule has 1 N–H and O–H groups in total. The second-order valence-electron chi connectivity index (χ2n) is 7.48. The molecule has 0 unspecified atom stereocenters. The third-order valence-electron chi connectivity index (χ3n) is 5.06. The molecule has 186 valence electrons. The van der Waals surface area contributed by atoms with Gasteiger partial charge in [-0.15, -0.1) is 0 Å². The van der Waals surface area contributed by atoms with E-state index < -0.39 is 40.2 Å². The number of sulfonamides is 1. The Bertz CT molecular complexity index is 1310. The molecule has 35 heavy (non-hydrogen) atoms. The Morgan fingerprint density at radius 2 is 1.71 bits per heavy atom. The predicted molar refractivity (Wildman–Crippen MR) is 120 cm³/mol. The van der Waals surface area contributed by atoms with Crippen molar-refractivity contribution < 1.29 is 40.6 Å². The van der Waals surface area contributed by atoms with Gasteiger partial charge in [-0.1, -0.05) is 25.1 Å². The molecule has 0 fully saturated rings. The lowest BCUT2D eigenvalue weighted by Gasteiger charge is -2.22. The van der Waals surface area contributed by atoms with E-state index >= 15 is 0 Å². The minimum Gasteiger partial charge on any atom is -0.481 e. The molecule has 0 heterocycles. The van der Waals surface area contributed by atoms with Crippen molar-refractivity contribution in [3.05, 3.63) is 83.7 Å². The molecule has 0 radical (unpaired) electrons. The van der Waals surface area contributed by atoms with Crippen LogP contribution in [0.3, 0.4) is 0 Å². The van der Waals surface area contributed by atoms with Crippen molar-refractivity contribution >= 4 is 16.0 Å². The van der Waals surface area contributed by atoms with Crippen LogP contribution in [0.25, 0.3) is 11.1 Å². The highest BCUT2D eigenvalue weighted by molar-refractivity contribution is 7.89. The Morgan fingerprint density at radius 3 is 2.31 bits per heavy atom. The molecule has 0 aromatic heterocycles. The molecule has 0 aliphatic carbocycles. The van der Waals surface area contributed by atoms with Gasteiger partial charge in [-0.3, -0.25) is 0 Å². The summed E-state index contributed by atoms with van der Waals surface area (Å²) < 4.78 is 85.4. The number of hydrogen-bond donors (Lipinski definition) is 1. The SMILES string of the molecule is CCN(Cc1ccc(OCC(=O)O)c(-c2cccc(C(F)(F)F)c2)c1)S(=O)(=O)c1ccc(F)cc1. The quantitative estimate of drug-likeness (QED) is 0.400. The summed E-state index contributed by atoms with van der Waals surface area (Å²) in [4.78, 5) is 10.8. The Balaban J connectivity index is 2.02. The number of rotatable bonds is 9. The molecule has 0 bridgehead atoms. The number of nitrogens with zero attached hydrogens (tertiary/aromatic N) is 1. The van der Waals surface area contributed by atoms with Crippen molar-refractivity contribution in [3.8, 4) is 16.9 Å². The van der Waals surface area contributed by atoms with E-state index in [1.54, 1.807) is 6.92 Å². The summed E-state index contributed by atoms with van der Waals surface area (Å²) in [6, 6.07) is 13.1. The fraction of sp³-hybridized carbons (Fsp3) is 0.208. The van der Waals surface area contributed by atoms with E-state index in [-0.39, 0.29) is 34.9 Å². The molecular weight excluding hydrogens is 490 g/mol. The number of carbonyl (C=O) groups is 1. The largest absolute Gasteiger partial charge is 0.481 e. The molecule has 0 atom stereocenters. The summed E-state index contributed by atoms with van der Waals surface area (Å²) in [5.74, 6) is -1.83. The molecule has 0 saturated carbocycles. The van der Waals surface area contributed by atoms with Gasteiger partial charge >= 0.3 is 12.1 Å². The topological polar surface area (TPSA) is 83.9 Å². The van der Waals surface area contributed by atoms with Crippen LogP contribution in [0.4, 0.5) is 17.6 Å². The van der Waals surface area contributed by atoms with Crippen LogP contribution >= 0.6 is 0 Å². The number of aliphatic carboxylic acids is 1. The lowest BCUT2D eigenvalue weighted by Crippen LogP contribution is -2.30. The first kappa shape index (κ1) is 26.2. The summed E-state index contributed by atoms with van der Waals surface area (Å²) in [5.41, 5.74) is -0.192. The van der Waals surface area contributed by atoms with E-state index in [1.165, 1.54) is 30.3 Å². The van der Waals surface area contributed by atoms with Crippen molar-refractivity contribution in [2.75, 3.05) is 13.2 Å². The molecule has 0 saturated heterocycles. The van der Waals surface area contributed by atoms with Gasteiger partial charge in [0, 0.05) is 18.7 Å². The molecular formula is C24H21F4NO5S. The third-order valence-corrected chi connectivity index (χ3v) is 6.99. The summed E-state index contributed by atoms with van der Waals surface area (Å²) in [6.07, 6.45) is -4.60. The average molecular weight is 511 g/mol. The summed E-state index contributed by atoms with van der Waals surface area (Å²) in [6.45, 7) is 0.821. The fourth-order valence-electron chi connectivity index (χ4n) is 3.36. The van der Waals surface area contributed by atoms with Crippen LogP contribution in [0.15, 0.2) is 71.6 Å². The maximum absolute atomic E-state index is 13.2. The second kappa shape index (κ2) is 10.4. The van der Waals surface area contributed by atoms with Crippen LogP contribution < -0.4 is 4.74 Å². The molecule has 3 rings (SSSR count). The van der Waals surface area contributed by atoms with Gasteiger partial charge in [-0.2, -0.15) is 17.5 Å². The average Bonchev–Trinajstić information content (AvgIpc) is 2.81. The monoisotopic (exact) mass is 511 g/mol. The predicted octanol–water partition coefficient (Wildman–Crippen LogP) is 5.19. The minimum atomic E-state index is -4.60. The van der Waals surface area contributed by atoms with Gasteiger partial charge in [0.05, 0.1) is 10.5 Å². The van der Waals surface area contributed by atoms with Crippen molar-refractivity contribution in [3.63, 3.8) is 0 Å². The summed E-state index contributed by atoms with van der Waals surface area (Å²) in [5, 5.41) is 8.94. The molecule has 0 aliphatic rings. The zero-order chi connectivity index (χ0) is 25.8. The van der Waals surface area contributed by atoms with Gasteiger partial charge < -0.3 is 9.84 Å². The number of halogens is 4. The number of ether oxygens (including phenoxy) is 1. The van der Waals surface area contributed by atoms with Crippen LogP contribution in [-0.4, -0.2) is 37.0 Å². The van der Waals surface area contributed by atoms with E-state index in [0.29, 0.717) is 5.56 Å². The van der Waals surface area contributed by atoms with Crippen molar-refractivity contribution in [1.29, 1.82) is 0 Å². The van der Waals surface area contributed by atoms with Crippen LogP contribution in [0, 0.1) is 5.82 Å². The highest BCUT2D eigenvalue weighted by Crippen LogP contribution is 2.36. The standard InChI is InChI=1S/C24H21F4NO5S/c1-2-29(35(32,33)20-9-7-19(25)8-10-20)14-16-6-11-22(34-15-23(30)31)21(12-16)17-4-3-5-18(13-17)24(26,27)28/h3-13H,2,14-15H2,1H3,(H,30,31). The fourth-order valence-corrected chi connectivity index (χ4v) is 4.79. The van der Waals surface area contributed by atoms with E-state index in [0.717, 1.165) is 40.7 Å². The van der Waals surface area contributed by atoms with E-state index in [1.807, 2.05) is 0 Å². The molecule has 0 amide bonds. The lowest BCUT2D eigenvalue weighted by atomic mass is 9.99. The van der Waals surface area contributed by atoms with Crippen LogP contribution in [0.5, 0.6) is 5.75 Å². The summed E-state index contributed by atoms with van der Waals surface area (Å²) >= 11 is 0. The molecule has 11 heteroatoms. The first-order chi connectivity index (χ1) is 16.4. The minimum absolute atomic E-state index is 0.0277. The van der Waals surface area contributed by atoms with Gasteiger partial charge in [0.25, 0.3) is 0 Å². The van der Waals surface area contributed by atoms with Crippen LogP contribution in [0.1, 0.15) is 18.1 Å². The molecule has 3 aromatic rings. The van der Waals surface area contributed by atoms with Crippen molar-refractivity contribution in [2.45, 2.75) is 24.5 Å². The first-order valence-corrected chi connectivity index (χ1v) is 11.8. The Labute approximate surface area is 199 Å². The maximum Gasteiger partial charge on any atom is 0.416 e. The maximum atomic E-state index is 13.2. The highest BCUT2D eigenvalue weighted by Gasteiger charge is 2.31. The summed E-state index contributed by atoms with van der Waals surface area (Å²) in [7, 11) is -3.99. The third kappa shape index (κ3) is 6.37. The molecule has 0 spiro atoms. The number of alkyl halides is 3. The van der Waals surface area contributed by atoms with E-state index in [2.05, 4.69) is 0 Å². The molecule has 3 aromatic carbocycles. The number of benzene rings is 3. The highest BCUT2D eigenvalue weighted by atomic mass is 32.2. The zero-order valence-electron chi connectivity index (χ0n) is 18.4. The van der Waals surface area contributed by atoms with Crippen LogP contribution in [0.2, 0.25) is 0 Å². The Morgan fingerprint density at radius 1 is 1.03 bits per heavy atom. The van der Waals surface area contributed by atoms with Gasteiger partial charge in [0.1, 0.15) is 11.6 Å². The van der Waals surface area contributed by atoms with Crippen molar-refractivity contribution in [1.82, 2.24) is 4.31 Å². The zero-order valence-corrected chi connectivity index (χ0v) is 19.2. The van der Waals surface area contributed by atoms with Crippen molar-refractivity contribution in [2.24, 2.45) is 0 Å². The van der Waals surface area contributed by atoms with Gasteiger partial charge in [0.2, 0.25) is 10.0 Å². The molecule has 0 aliphatic heterocycles. The smallest absolute Gasteiger partial charge is 0.416 e.